The van der Waals surface area contributed by atoms with E-state index in [9.17, 15) is 9.18 Å². The average molecular weight is 321 g/mol. The van der Waals surface area contributed by atoms with Gasteiger partial charge in [-0.2, -0.15) is 0 Å². The summed E-state index contributed by atoms with van der Waals surface area (Å²) >= 11 is 3.24. The van der Waals surface area contributed by atoms with Crippen molar-refractivity contribution in [2.45, 2.75) is 20.3 Å². The normalized spacial score (nSPS) is 10.5. The van der Waals surface area contributed by atoms with Gasteiger partial charge in [-0.1, -0.05) is 18.2 Å². The predicted molar refractivity (Wildman–Crippen MR) is 78.1 cm³/mol. The summed E-state index contributed by atoms with van der Waals surface area (Å²) in [5.41, 5.74) is 3.77. The van der Waals surface area contributed by atoms with Crippen molar-refractivity contribution in [3.63, 3.8) is 0 Å². The molecule has 0 N–H and O–H groups in total. The Labute approximate surface area is 120 Å². The lowest BCUT2D eigenvalue weighted by molar-refractivity contribution is 0.0992. The van der Waals surface area contributed by atoms with Crippen molar-refractivity contribution in [3.05, 3.63) is 68.9 Å². The maximum atomic E-state index is 13.0. The van der Waals surface area contributed by atoms with E-state index in [1.807, 2.05) is 32.0 Å². The standard InChI is InChI=1S/C16H14BrFO/c1-10-4-3-5-11(2)14(10)9-16(19)13-7-6-12(18)8-15(13)17/h3-8H,9H2,1-2H3. The number of ketones is 1. The molecule has 1 nitrogen and oxygen atoms in total. The molecule has 0 aliphatic rings. The predicted octanol–water partition coefficient (Wildman–Crippen LogP) is 4.63. The minimum absolute atomic E-state index is 0.00993. The van der Waals surface area contributed by atoms with Gasteiger partial charge in [0, 0.05) is 16.5 Å². The van der Waals surface area contributed by atoms with E-state index in [1.54, 1.807) is 0 Å². The van der Waals surface area contributed by atoms with Gasteiger partial charge in [0.25, 0.3) is 0 Å². The summed E-state index contributed by atoms with van der Waals surface area (Å²) < 4.78 is 13.5. The van der Waals surface area contributed by atoms with Crippen LogP contribution in [-0.4, -0.2) is 5.78 Å². The van der Waals surface area contributed by atoms with Crippen molar-refractivity contribution in [3.8, 4) is 0 Å². The van der Waals surface area contributed by atoms with Crippen LogP contribution in [0.15, 0.2) is 40.9 Å². The Hall–Kier alpha value is -1.48. The molecule has 2 rings (SSSR count). The average Bonchev–Trinajstić information content (AvgIpc) is 2.33. The van der Waals surface area contributed by atoms with E-state index in [1.165, 1.54) is 18.2 Å². The largest absolute Gasteiger partial charge is 0.294 e. The number of hydrogen-bond donors (Lipinski definition) is 0. The van der Waals surface area contributed by atoms with Crippen molar-refractivity contribution in [2.24, 2.45) is 0 Å². The molecular weight excluding hydrogens is 307 g/mol. The molecule has 0 unspecified atom stereocenters. The fourth-order valence-electron chi connectivity index (χ4n) is 2.10. The number of carbonyl (C=O) groups excluding carboxylic acids is 1. The van der Waals surface area contributed by atoms with E-state index in [0.29, 0.717) is 16.5 Å². The number of Topliss-reactive ketones (excluding diaryl/α,β-unsaturated/α-hetero) is 1. The van der Waals surface area contributed by atoms with Crippen LogP contribution >= 0.6 is 15.9 Å². The number of benzene rings is 2. The second-order valence-corrected chi connectivity index (χ2v) is 5.45. The highest BCUT2D eigenvalue weighted by Gasteiger charge is 2.13. The Bertz CT molecular complexity index is 614. The van der Waals surface area contributed by atoms with Gasteiger partial charge in [-0.25, -0.2) is 4.39 Å². The second kappa shape index (κ2) is 5.66. The molecule has 0 bridgehead atoms. The van der Waals surface area contributed by atoms with E-state index in [0.717, 1.165) is 16.7 Å². The summed E-state index contributed by atoms with van der Waals surface area (Å²) in [7, 11) is 0. The number of halogens is 2. The van der Waals surface area contributed by atoms with Gasteiger partial charge in [-0.15, -0.1) is 0 Å². The molecule has 0 heterocycles. The van der Waals surface area contributed by atoms with E-state index in [4.69, 9.17) is 0 Å². The van der Waals surface area contributed by atoms with Crippen molar-refractivity contribution in [2.75, 3.05) is 0 Å². The lowest BCUT2D eigenvalue weighted by Gasteiger charge is -2.10. The van der Waals surface area contributed by atoms with Crippen molar-refractivity contribution in [1.29, 1.82) is 0 Å². The first-order valence-electron chi connectivity index (χ1n) is 6.02. The number of aryl methyl sites for hydroxylation is 2. The molecule has 19 heavy (non-hydrogen) atoms. The molecule has 0 fully saturated rings. The minimum atomic E-state index is -0.351. The zero-order valence-corrected chi connectivity index (χ0v) is 12.4. The Morgan fingerprint density at radius 2 is 1.79 bits per heavy atom. The fraction of sp³-hybridized carbons (Fsp3) is 0.188. The summed E-state index contributed by atoms with van der Waals surface area (Å²) in [6.45, 7) is 3.99. The Kier molecular flexibility index (Phi) is 4.15. The molecule has 0 saturated heterocycles. The topological polar surface area (TPSA) is 17.1 Å². The van der Waals surface area contributed by atoms with Crippen LogP contribution in [0, 0.1) is 19.7 Å². The SMILES string of the molecule is Cc1cccc(C)c1CC(=O)c1ccc(F)cc1Br. The zero-order valence-electron chi connectivity index (χ0n) is 10.8. The van der Waals surface area contributed by atoms with Gasteiger partial charge < -0.3 is 0 Å². The van der Waals surface area contributed by atoms with Gasteiger partial charge in [0.1, 0.15) is 5.82 Å². The van der Waals surface area contributed by atoms with Crippen LogP contribution in [0.4, 0.5) is 4.39 Å². The van der Waals surface area contributed by atoms with Crippen LogP contribution in [0.25, 0.3) is 0 Å². The molecule has 2 aromatic carbocycles. The molecule has 0 radical (unpaired) electrons. The lowest BCUT2D eigenvalue weighted by Crippen LogP contribution is -2.07. The molecule has 0 aliphatic heterocycles. The molecule has 0 saturated carbocycles. The van der Waals surface area contributed by atoms with Gasteiger partial charge in [0.15, 0.2) is 5.78 Å². The van der Waals surface area contributed by atoms with Gasteiger partial charge >= 0.3 is 0 Å². The van der Waals surface area contributed by atoms with Crippen molar-refractivity contribution < 1.29 is 9.18 Å². The molecule has 0 amide bonds. The van der Waals surface area contributed by atoms with Gasteiger partial charge in [0.05, 0.1) is 0 Å². The molecular formula is C16H14BrFO. The summed E-state index contributed by atoms with van der Waals surface area (Å²) in [5.74, 6) is -0.361. The van der Waals surface area contributed by atoms with Gasteiger partial charge in [-0.05, 0) is 64.7 Å². The molecule has 0 atom stereocenters. The second-order valence-electron chi connectivity index (χ2n) is 4.59. The Balaban J connectivity index is 2.31. The lowest BCUT2D eigenvalue weighted by atomic mass is 9.95. The fourth-order valence-corrected chi connectivity index (χ4v) is 2.67. The minimum Gasteiger partial charge on any atom is -0.294 e. The van der Waals surface area contributed by atoms with Gasteiger partial charge in [-0.3, -0.25) is 4.79 Å². The summed E-state index contributed by atoms with van der Waals surface area (Å²) in [5, 5.41) is 0. The van der Waals surface area contributed by atoms with Crippen LogP contribution in [0.5, 0.6) is 0 Å². The maximum Gasteiger partial charge on any atom is 0.168 e. The van der Waals surface area contributed by atoms with Crippen molar-refractivity contribution in [1.82, 2.24) is 0 Å². The summed E-state index contributed by atoms with van der Waals surface area (Å²) in [6, 6.07) is 10.1. The van der Waals surface area contributed by atoms with E-state index in [-0.39, 0.29) is 11.6 Å². The number of hydrogen-bond acceptors (Lipinski definition) is 1. The molecule has 3 heteroatoms. The third-order valence-corrected chi connectivity index (χ3v) is 3.87. The van der Waals surface area contributed by atoms with Crippen LogP contribution in [0.1, 0.15) is 27.0 Å². The Morgan fingerprint density at radius 1 is 1.16 bits per heavy atom. The summed E-state index contributed by atoms with van der Waals surface area (Å²) in [4.78, 5) is 12.3. The highest BCUT2D eigenvalue weighted by molar-refractivity contribution is 9.10. The van der Waals surface area contributed by atoms with Crippen LogP contribution in [0.3, 0.4) is 0 Å². The van der Waals surface area contributed by atoms with Crippen LogP contribution in [-0.2, 0) is 6.42 Å². The summed E-state index contributed by atoms with van der Waals surface area (Å²) in [6.07, 6.45) is 0.336. The Morgan fingerprint density at radius 3 is 2.37 bits per heavy atom. The van der Waals surface area contributed by atoms with Gasteiger partial charge in [0.2, 0.25) is 0 Å². The zero-order chi connectivity index (χ0) is 14.0. The highest BCUT2D eigenvalue weighted by Crippen LogP contribution is 2.22. The molecule has 2 aromatic rings. The van der Waals surface area contributed by atoms with Crippen LogP contribution < -0.4 is 0 Å². The first-order chi connectivity index (χ1) is 8.99. The molecule has 0 spiro atoms. The van der Waals surface area contributed by atoms with E-state index < -0.39 is 0 Å². The maximum absolute atomic E-state index is 13.0. The number of carbonyl (C=O) groups is 1. The van der Waals surface area contributed by atoms with Crippen LogP contribution in [0.2, 0.25) is 0 Å². The number of rotatable bonds is 3. The third-order valence-electron chi connectivity index (χ3n) is 3.21. The quantitative estimate of drug-likeness (QED) is 0.753. The highest BCUT2D eigenvalue weighted by atomic mass is 79.9. The molecule has 98 valence electrons. The van der Waals surface area contributed by atoms with E-state index >= 15 is 0 Å². The van der Waals surface area contributed by atoms with E-state index in [2.05, 4.69) is 15.9 Å². The molecule has 0 aromatic heterocycles. The monoisotopic (exact) mass is 320 g/mol. The smallest absolute Gasteiger partial charge is 0.168 e. The third kappa shape index (κ3) is 3.10. The molecule has 0 aliphatic carbocycles. The van der Waals surface area contributed by atoms with Crippen molar-refractivity contribution >= 4 is 21.7 Å². The first kappa shape index (κ1) is 13.9. The first-order valence-corrected chi connectivity index (χ1v) is 6.81.